The molecule has 0 atom stereocenters. The molecule has 2 fully saturated rings. The molecule has 2 saturated carbocycles. The van der Waals surface area contributed by atoms with Gasteiger partial charge in [0.25, 0.3) is 0 Å². The summed E-state index contributed by atoms with van der Waals surface area (Å²) < 4.78 is 0. The highest BCUT2D eigenvalue weighted by atomic mass is 14.5. The molecule has 0 aromatic rings. The maximum atomic E-state index is 2.44. The van der Waals surface area contributed by atoms with E-state index in [1.54, 1.807) is 0 Å². The molecule has 0 heteroatoms. The molecule has 52 valence electrons. The minimum atomic E-state index is 0.797. The Morgan fingerprint density at radius 3 is 1.44 bits per heavy atom. The quantitative estimate of drug-likeness (QED) is 0.531. The Labute approximate surface area is 57.6 Å². The summed E-state index contributed by atoms with van der Waals surface area (Å²) in [5, 5.41) is 0. The van der Waals surface area contributed by atoms with E-state index in [9.17, 15) is 0 Å². The van der Waals surface area contributed by atoms with Crippen LogP contribution >= 0.6 is 0 Å². The molecule has 0 aromatic heterocycles. The molecule has 2 aliphatic rings. The van der Waals surface area contributed by atoms with Crippen molar-refractivity contribution in [2.24, 2.45) is 10.8 Å². The minimum absolute atomic E-state index is 0.797. The molecule has 0 saturated heterocycles. The summed E-state index contributed by atoms with van der Waals surface area (Å²) in [6.45, 7) is 4.88. The van der Waals surface area contributed by atoms with Crippen molar-refractivity contribution in [1.29, 1.82) is 0 Å². The Hall–Kier alpha value is 0. The van der Waals surface area contributed by atoms with Gasteiger partial charge >= 0.3 is 0 Å². The lowest BCUT2D eigenvalue weighted by molar-refractivity contribution is 0.381. The Bertz CT molecular complexity index is 111. The molecule has 0 amide bonds. The minimum Gasteiger partial charge on any atom is -0.0596 e. The van der Waals surface area contributed by atoms with Crippen LogP contribution in [0.2, 0.25) is 0 Å². The second-order valence-electron chi connectivity index (χ2n) is 4.80. The Kier molecular flexibility index (Phi) is 0.868. The molecule has 0 radical (unpaired) electrons. The second kappa shape index (κ2) is 1.36. The van der Waals surface area contributed by atoms with E-state index in [2.05, 4.69) is 13.8 Å². The topological polar surface area (TPSA) is 0 Å². The van der Waals surface area contributed by atoms with E-state index in [4.69, 9.17) is 0 Å². The van der Waals surface area contributed by atoms with Gasteiger partial charge in [-0.3, -0.25) is 0 Å². The monoisotopic (exact) mass is 124 g/mol. The van der Waals surface area contributed by atoms with Gasteiger partial charge in [-0.2, -0.15) is 0 Å². The van der Waals surface area contributed by atoms with Gasteiger partial charge in [-0.05, 0) is 42.9 Å². The second-order valence-corrected chi connectivity index (χ2v) is 4.80. The van der Waals surface area contributed by atoms with E-state index in [1.165, 1.54) is 32.1 Å². The predicted molar refractivity (Wildman–Crippen MR) is 39.3 cm³/mol. The molecule has 9 heavy (non-hydrogen) atoms. The molecule has 2 aliphatic carbocycles. The highest BCUT2D eigenvalue weighted by molar-refractivity contribution is 4.99. The summed E-state index contributed by atoms with van der Waals surface area (Å²) in [7, 11) is 0. The van der Waals surface area contributed by atoms with Gasteiger partial charge < -0.3 is 0 Å². The average molecular weight is 124 g/mol. The summed E-state index contributed by atoms with van der Waals surface area (Å²) in [4.78, 5) is 0. The van der Waals surface area contributed by atoms with Crippen molar-refractivity contribution < 1.29 is 0 Å². The highest BCUT2D eigenvalue weighted by Gasteiger charge is 2.48. The summed E-state index contributed by atoms with van der Waals surface area (Å²) in [6, 6.07) is 0. The molecule has 0 unspecified atom stereocenters. The van der Waals surface area contributed by atoms with Gasteiger partial charge in [-0.1, -0.05) is 13.8 Å². The third-order valence-electron chi connectivity index (χ3n) is 3.06. The van der Waals surface area contributed by atoms with Crippen molar-refractivity contribution in [1.82, 2.24) is 0 Å². The van der Waals surface area contributed by atoms with Crippen LogP contribution in [0, 0.1) is 10.8 Å². The van der Waals surface area contributed by atoms with Crippen LogP contribution in [0.25, 0.3) is 0 Å². The van der Waals surface area contributed by atoms with E-state index in [-0.39, 0.29) is 0 Å². The van der Waals surface area contributed by atoms with Crippen LogP contribution in [0.1, 0.15) is 46.0 Å². The average Bonchev–Trinajstić information content (AvgIpc) is 2.55. The smallest absolute Gasteiger partial charge is 0.0320 e. The fraction of sp³-hybridized carbons (Fsp3) is 1.00. The first-order chi connectivity index (χ1) is 4.12. The van der Waals surface area contributed by atoms with Crippen molar-refractivity contribution in [2.75, 3.05) is 0 Å². The van der Waals surface area contributed by atoms with Crippen LogP contribution in [0.4, 0.5) is 0 Å². The van der Waals surface area contributed by atoms with Crippen molar-refractivity contribution >= 4 is 0 Å². The zero-order valence-electron chi connectivity index (χ0n) is 6.54. The molecular formula is C9H16. The van der Waals surface area contributed by atoms with E-state index in [0.717, 1.165) is 10.8 Å². The molecule has 0 heterocycles. The van der Waals surface area contributed by atoms with Crippen LogP contribution in [0.5, 0.6) is 0 Å². The van der Waals surface area contributed by atoms with Gasteiger partial charge in [0.2, 0.25) is 0 Å². The van der Waals surface area contributed by atoms with E-state index >= 15 is 0 Å². The zero-order valence-corrected chi connectivity index (χ0v) is 6.54. The third-order valence-corrected chi connectivity index (χ3v) is 3.06. The van der Waals surface area contributed by atoms with Crippen molar-refractivity contribution in [3.05, 3.63) is 0 Å². The van der Waals surface area contributed by atoms with Crippen molar-refractivity contribution in [3.8, 4) is 0 Å². The number of rotatable bonds is 2. The van der Waals surface area contributed by atoms with Gasteiger partial charge in [0, 0.05) is 0 Å². The molecule has 0 bridgehead atoms. The fourth-order valence-corrected chi connectivity index (χ4v) is 1.81. The van der Waals surface area contributed by atoms with Crippen LogP contribution in [-0.2, 0) is 0 Å². The van der Waals surface area contributed by atoms with Gasteiger partial charge in [0.05, 0.1) is 0 Å². The Morgan fingerprint density at radius 1 is 0.889 bits per heavy atom. The Balaban J connectivity index is 1.90. The molecule has 0 spiro atoms. The van der Waals surface area contributed by atoms with Crippen LogP contribution in [-0.4, -0.2) is 0 Å². The molecule has 0 N–H and O–H groups in total. The highest BCUT2D eigenvalue weighted by Crippen LogP contribution is 2.60. The van der Waals surface area contributed by atoms with E-state index < -0.39 is 0 Å². The van der Waals surface area contributed by atoms with Crippen molar-refractivity contribution in [3.63, 3.8) is 0 Å². The van der Waals surface area contributed by atoms with E-state index in [0.29, 0.717) is 0 Å². The van der Waals surface area contributed by atoms with Gasteiger partial charge in [-0.15, -0.1) is 0 Å². The molecule has 0 aromatic carbocycles. The lowest BCUT2D eigenvalue weighted by atomic mass is 9.93. The van der Waals surface area contributed by atoms with Crippen LogP contribution < -0.4 is 0 Å². The van der Waals surface area contributed by atoms with Crippen LogP contribution in [0.15, 0.2) is 0 Å². The normalized spacial score (nSPS) is 34.0. The van der Waals surface area contributed by atoms with Gasteiger partial charge in [0.15, 0.2) is 0 Å². The number of hydrogen-bond donors (Lipinski definition) is 0. The third kappa shape index (κ3) is 1.12. The summed E-state index contributed by atoms with van der Waals surface area (Å²) >= 11 is 0. The predicted octanol–water partition coefficient (Wildman–Crippen LogP) is 2.98. The van der Waals surface area contributed by atoms with Crippen LogP contribution in [0.3, 0.4) is 0 Å². The lowest BCUT2D eigenvalue weighted by Crippen LogP contribution is -2.02. The first-order valence-electron chi connectivity index (χ1n) is 4.12. The fourth-order valence-electron chi connectivity index (χ4n) is 1.81. The van der Waals surface area contributed by atoms with Gasteiger partial charge in [0.1, 0.15) is 0 Å². The van der Waals surface area contributed by atoms with E-state index in [1.807, 2.05) is 0 Å². The summed E-state index contributed by atoms with van der Waals surface area (Å²) in [5.41, 5.74) is 1.59. The van der Waals surface area contributed by atoms with Crippen molar-refractivity contribution in [2.45, 2.75) is 46.0 Å². The van der Waals surface area contributed by atoms with Gasteiger partial charge in [-0.25, -0.2) is 0 Å². The largest absolute Gasteiger partial charge is 0.0596 e. The lowest BCUT2D eigenvalue weighted by Gasteiger charge is -2.12. The SMILES string of the molecule is CC1(CC2(C)CC2)CC1. The zero-order chi connectivity index (χ0) is 6.54. The molecule has 2 rings (SSSR count). The molecular weight excluding hydrogens is 108 g/mol. The maximum Gasteiger partial charge on any atom is -0.0320 e. The Morgan fingerprint density at radius 2 is 1.22 bits per heavy atom. The first-order valence-corrected chi connectivity index (χ1v) is 4.12. The summed E-state index contributed by atoms with van der Waals surface area (Å²) in [5.74, 6) is 0. The maximum absolute atomic E-state index is 2.44. The first kappa shape index (κ1) is 5.76. The summed E-state index contributed by atoms with van der Waals surface area (Å²) in [6.07, 6.45) is 7.52. The number of hydrogen-bond acceptors (Lipinski definition) is 0. The standard InChI is InChI=1S/C9H16/c1-8(3-4-8)7-9(2)5-6-9/h3-7H2,1-2H3. The molecule has 0 nitrogen and oxygen atoms in total. The molecule has 0 aliphatic heterocycles.